The minimum atomic E-state index is -0.793. The highest BCUT2D eigenvalue weighted by Crippen LogP contribution is 2.35. The summed E-state index contributed by atoms with van der Waals surface area (Å²) >= 11 is 6.16. The number of aryl methyl sites for hydroxylation is 1. The number of nitrogens with zero attached hydrogens (tertiary/aromatic N) is 1. The molecule has 1 atom stereocenters. The number of H-pyrrole nitrogens is 1. The maximum atomic E-state index is 15.4. The summed E-state index contributed by atoms with van der Waals surface area (Å²) in [6.07, 6.45) is 4.59. The highest BCUT2D eigenvalue weighted by Gasteiger charge is 2.29. The second kappa shape index (κ2) is 12.6. The fourth-order valence-corrected chi connectivity index (χ4v) is 5.74. The van der Waals surface area contributed by atoms with Crippen molar-refractivity contribution in [3.63, 3.8) is 0 Å². The molecule has 3 aromatic carbocycles. The summed E-state index contributed by atoms with van der Waals surface area (Å²) in [6.45, 7) is 3.56. The van der Waals surface area contributed by atoms with E-state index in [1.165, 1.54) is 18.7 Å². The van der Waals surface area contributed by atoms with Crippen LogP contribution < -0.4 is 16.0 Å². The third-order valence-corrected chi connectivity index (χ3v) is 7.85. The molecule has 0 bridgehead atoms. The van der Waals surface area contributed by atoms with Crippen molar-refractivity contribution in [3.05, 3.63) is 112 Å². The molecular weight excluding hydrogens is 555 g/mol. The van der Waals surface area contributed by atoms with Crippen LogP contribution in [0.25, 0.3) is 11.1 Å². The van der Waals surface area contributed by atoms with E-state index in [2.05, 4.69) is 15.2 Å². The lowest BCUT2D eigenvalue weighted by Crippen LogP contribution is -2.32. The first-order valence-electron chi connectivity index (χ1n) is 13.9. The number of ketones is 1. The van der Waals surface area contributed by atoms with E-state index >= 15 is 4.39 Å². The van der Waals surface area contributed by atoms with E-state index in [0.29, 0.717) is 21.7 Å². The summed E-state index contributed by atoms with van der Waals surface area (Å²) in [5, 5.41) is 3.27. The van der Waals surface area contributed by atoms with Crippen LogP contribution in [-0.2, 0) is 4.79 Å². The van der Waals surface area contributed by atoms with Crippen LogP contribution >= 0.6 is 11.6 Å². The zero-order valence-corrected chi connectivity index (χ0v) is 24.0. The molecule has 5 rings (SSSR count). The highest BCUT2D eigenvalue weighted by molar-refractivity contribution is 6.30. The summed E-state index contributed by atoms with van der Waals surface area (Å²) in [5.41, 5.74) is 8.47. The molecule has 1 aliphatic rings. The summed E-state index contributed by atoms with van der Waals surface area (Å²) < 4.78 is 15.4. The zero-order valence-electron chi connectivity index (χ0n) is 23.3. The van der Waals surface area contributed by atoms with Gasteiger partial charge in [0, 0.05) is 46.7 Å². The topological polar surface area (TPSA) is 108 Å². The molecule has 0 saturated carbocycles. The predicted molar refractivity (Wildman–Crippen MR) is 162 cm³/mol. The molecule has 42 heavy (non-hydrogen) atoms. The van der Waals surface area contributed by atoms with Gasteiger partial charge in [0.05, 0.1) is 23.7 Å². The van der Waals surface area contributed by atoms with E-state index < -0.39 is 23.7 Å². The van der Waals surface area contributed by atoms with Gasteiger partial charge < -0.3 is 20.9 Å². The minimum Gasteiger partial charge on any atom is -0.372 e. The molecule has 4 aromatic rings. The van der Waals surface area contributed by atoms with Crippen LogP contribution in [0, 0.1) is 12.7 Å². The van der Waals surface area contributed by atoms with E-state index in [-0.39, 0.29) is 34.6 Å². The molecule has 1 aliphatic heterocycles. The van der Waals surface area contributed by atoms with Crippen LogP contribution in [0.4, 0.5) is 10.1 Å². The number of aromatic amines is 1. The van der Waals surface area contributed by atoms with E-state index in [4.69, 9.17) is 17.3 Å². The van der Waals surface area contributed by atoms with Crippen molar-refractivity contribution in [3.8, 4) is 11.1 Å². The van der Waals surface area contributed by atoms with Crippen molar-refractivity contribution < 1.29 is 18.8 Å². The summed E-state index contributed by atoms with van der Waals surface area (Å²) in [7, 11) is 0. The lowest BCUT2D eigenvalue weighted by atomic mass is 9.93. The van der Waals surface area contributed by atoms with Gasteiger partial charge in [-0.2, -0.15) is 0 Å². The summed E-state index contributed by atoms with van der Waals surface area (Å²) in [5.74, 6) is -2.15. The van der Waals surface area contributed by atoms with Gasteiger partial charge in [0.15, 0.2) is 0 Å². The van der Waals surface area contributed by atoms with Gasteiger partial charge >= 0.3 is 0 Å². The molecule has 7 nitrogen and oxygen atoms in total. The second-order valence-corrected chi connectivity index (χ2v) is 11.0. The molecule has 0 aliphatic carbocycles. The van der Waals surface area contributed by atoms with Gasteiger partial charge in [-0.3, -0.25) is 14.4 Å². The second-order valence-electron chi connectivity index (χ2n) is 10.6. The Morgan fingerprint density at radius 2 is 1.74 bits per heavy atom. The number of benzene rings is 3. The molecule has 2 heterocycles. The number of piperidine rings is 1. The number of hydrogen-bond acceptors (Lipinski definition) is 4. The molecule has 4 N–H and O–H groups in total. The van der Waals surface area contributed by atoms with Crippen molar-refractivity contribution in [2.45, 2.75) is 38.6 Å². The quantitative estimate of drug-likeness (QED) is 0.199. The molecule has 1 fully saturated rings. The monoisotopic (exact) mass is 586 g/mol. The van der Waals surface area contributed by atoms with Gasteiger partial charge in [-0.05, 0) is 67.6 Å². The van der Waals surface area contributed by atoms with Crippen molar-refractivity contribution in [2.24, 2.45) is 5.73 Å². The first-order valence-corrected chi connectivity index (χ1v) is 14.3. The third-order valence-electron chi connectivity index (χ3n) is 7.62. The number of carbonyl (C=O) groups excluding carboxylic acids is 3. The zero-order chi connectivity index (χ0) is 29.8. The number of anilines is 1. The van der Waals surface area contributed by atoms with Crippen LogP contribution in [0.2, 0.25) is 5.02 Å². The molecule has 9 heteroatoms. The Labute approximate surface area is 248 Å². The molecule has 1 saturated heterocycles. The van der Waals surface area contributed by atoms with Crippen LogP contribution in [0.3, 0.4) is 0 Å². The number of nitrogens with two attached hydrogens (primary N) is 1. The van der Waals surface area contributed by atoms with E-state index in [1.807, 2.05) is 18.2 Å². The Kier molecular flexibility index (Phi) is 8.73. The third kappa shape index (κ3) is 6.24. The van der Waals surface area contributed by atoms with Gasteiger partial charge in [-0.1, -0.05) is 48.0 Å². The Morgan fingerprint density at radius 3 is 2.45 bits per heavy atom. The van der Waals surface area contributed by atoms with Crippen molar-refractivity contribution in [2.75, 3.05) is 18.0 Å². The Balaban J connectivity index is 1.56. The smallest absolute Gasteiger partial charge is 0.253 e. The van der Waals surface area contributed by atoms with E-state index in [9.17, 15) is 14.4 Å². The van der Waals surface area contributed by atoms with Crippen molar-refractivity contribution in [1.82, 2.24) is 10.3 Å². The molecule has 0 radical (unpaired) electrons. The van der Waals surface area contributed by atoms with Gasteiger partial charge in [0.1, 0.15) is 5.82 Å². The number of amides is 2. The van der Waals surface area contributed by atoms with Crippen molar-refractivity contribution >= 4 is 34.9 Å². The lowest BCUT2D eigenvalue weighted by molar-refractivity contribution is -0.118. The molecule has 0 spiro atoms. The Morgan fingerprint density at radius 1 is 1.00 bits per heavy atom. The highest BCUT2D eigenvalue weighted by atomic mass is 35.5. The van der Waals surface area contributed by atoms with Crippen molar-refractivity contribution in [1.29, 1.82) is 0 Å². The molecule has 216 valence electrons. The number of nitrogens with one attached hydrogen (secondary N) is 2. The van der Waals surface area contributed by atoms with E-state index in [1.54, 1.807) is 49.4 Å². The molecular formula is C33H32ClFN4O3. The first-order chi connectivity index (χ1) is 20.2. The maximum absolute atomic E-state index is 15.4. The van der Waals surface area contributed by atoms with Gasteiger partial charge in [0.2, 0.25) is 11.7 Å². The number of carbonyl (C=O) groups is 3. The van der Waals surface area contributed by atoms with E-state index in [0.717, 1.165) is 31.6 Å². The van der Waals surface area contributed by atoms with Crippen LogP contribution in [0.1, 0.15) is 69.3 Å². The molecule has 1 aromatic heterocycles. The number of primary amides is 1. The number of hydrogen-bond donors (Lipinski definition) is 3. The predicted octanol–water partition coefficient (Wildman–Crippen LogP) is 6.35. The molecule has 2 amide bonds. The first kappa shape index (κ1) is 29.1. The normalized spacial score (nSPS) is 13.9. The van der Waals surface area contributed by atoms with Crippen LogP contribution in [0.5, 0.6) is 0 Å². The van der Waals surface area contributed by atoms with Gasteiger partial charge in [-0.25, -0.2) is 4.39 Å². The number of halogens is 2. The number of aromatic nitrogens is 1. The summed E-state index contributed by atoms with van der Waals surface area (Å²) in [4.78, 5) is 44.9. The van der Waals surface area contributed by atoms with Crippen LogP contribution in [0.15, 0.2) is 72.9 Å². The SMILES string of the molecule is Cc1cccc(F)c1-c1c(C(=O)N[C@@H](CC(N)=O)c2cccc(Cl)c2)c[nH]c1C(=O)c1cccc(N2CCCCC2)c1. The Bertz CT molecular complexity index is 1620. The lowest BCUT2D eigenvalue weighted by Gasteiger charge is -2.29. The fourth-order valence-electron chi connectivity index (χ4n) is 5.54. The summed E-state index contributed by atoms with van der Waals surface area (Å²) in [6, 6.07) is 17.9. The van der Waals surface area contributed by atoms with Gasteiger partial charge in [0.25, 0.3) is 5.91 Å². The minimum absolute atomic E-state index is 0.0650. The Hall–Kier alpha value is -4.43. The standard InChI is InChI=1S/C33H32ClFN4O3/c1-20-8-5-13-26(35)29(20)30-25(33(42)38-27(18-28(36)40)21-9-6-11-23(34)16-21)19-37-31(30)32(41)22-10-7-12-24(17-22)39-14-3-2-4-15-39/h5-13,16-17,19,27,37H,2-4,14-15,18H2,1H3,(H2,36,40)(H,38,42)/t27-/m0/s1. The largest absolute Gasteiger partial charge is 0.372 e. The fraction of sp³-hybridized carbons (Fsp3) is 0.242. The number of rotatable bonds is 9. The average Bonchev–Trinajstić information content (AvgIpc) is 3.41. The van der Waals surface area contributed by atoms with Crippen LogP contribution in [-0.4, -0.2) is 35.7 Å². The average molecular weight is 587 g/mol. The maximum Gasteiger partial charge on any atom is 0.253 e. The van der Waals surface area contributed by atoms with Gasteiger partial charge in [-0.15, -0.1) is 0 Å². The molecule has 0 unspecified atom stereocenters.